The van der Waals surface area contributed by atoms with Gasteiger partial charge in [0, 0.05) is 30.3 Å². The first kappa shape index (κ1) is 15.9. The van der Waals surface area contributed by atoms with Crippen molar-refractivity contribution in [1.29, 1.82) is 0 Å². The minimum absolute atomic E-state index is 0. The molecule has 2 rings (SSSR count). The fourth-order valence-corrected chi connectivity index (χ4v) is 1.41. The molecule has 0 bridgehead atoms. The second-order valence-corrected chi connectivity index (χ2v) is 3.39. The van der Waals surface area contributed by atoms with E-state index in [-0.39, 0.29) is 37.6 Å². The summed E-state index contributed by atoms with van der Waals surface area (Å²) in [5, 5.41) is 13.6. The number of rotatable bonds is 1. The third-order valence-electron chi connectivity index (χ3n) is 2.25. The van der Waals surface area contributed by atoms with Gasteiger partial charge in [-0.25, -0.2) is 0 Å². The van der Waals surface area contributed by atoms with Gasteiger partial charge in [0.05, 0.1) is 0 Å². The van der Waals surface area contributed by atoms with Crippen LogP contribution < -0.4 is 22.8 Å². The van der Waals surface area contributed by atoms with Gasteiger partial charge < -0.3 is 12.4 Å². The Bertz CT molecular complexity index is 543. The Balaban J connectivity index is 0.00000128. The number of benzene rings is 2. The molecule has 1 nitrogen and oxygen atoms in total. The molecular weight excluding hydrogens is 285 g/mol. The van der Waals surface area contributed by atoms with Gasteiger partial charge in [-0.15, -0.1) is 0 Å². The van der Waals surface area contributed by atoms with Crippen LogP contribution in [0.3, 0.4) is 0 Å². The normalized spacial score (nSPS) is 8.71. The summed E-state index contributed by atoms with van der Waals surface area (Å²) in [4.78, 5) is 0. The summed E-state index contributed by atoms with van der Waals surface area (Å²) in [6.07, 6.45) is 0. The van der Waals surface area contributed by atoms with Gasteiger partial charge in [0.2, 0.25) is 0 Å². The minimum Gasteiger partial charge on any atom is -1.00 e. The van der Waals surface area contributed by atoms with Crippen LogP contribution in [0.2, 0.25) is 0 Å². The minimum atomic E-state index is 0. The van der Waals surface area contributed by atoms with Gasteiger partial charge >= 0.3 is 0 Å². The van der Waals surface area contributed by atoms with Crippen LogP contribution in [0, 0.1) is 0 Å². The molecule has 0 spiro atoms. The van der Waals surface area contributed by atoms with Gasteiger partial charge in [0.15, 0.2) is 5.76 Å². The summed E-state index contributed by atoms with van der Waals surface area (Å²) in [6, 6.07) is 16.6. The molecule has 0 N–H and O–H groups in total. The van der Waals surface area contributed by atoms with E-state index >= 15 is 0 Å². The van der Waals surface area contributed by atoms with Gasteiger partial charge in [0.1, 0.15) is 0 Å². The van der Waals surface area contributed by atoms with E-state index in [1.807, 2.05) is 42.5 Å². The summed E-state index contributed by atoms with van der Waals surface area (Å²) >= 11 is 0. The summed E-state index contributed by atoms with van der Waals surface area (Å²) in [7, 11) is 0. The van der Waals surface area contributed by atoms with Crippen LogP contribution in [-0.4, -0.2) is 0 Å². The van der Waals surface area contributed by atoms with E-state index in [9.17, 15) is 5.11 Å². The maximum absolute atomic E-state index is 11.9. The van der Waals surface area contributed by atoms with Crippen molar-refractivity contribution in [1.82, 2.24) is 0 Å². The quantitative estimate of drug-likeness (QED) is 0.582. The molecule has 0 saturated carbocycles. The number of halogens is 1. The van der Waals surface area contributed by atoms with Crippen LogP contribution in [0.25, 0.3) is 12.3 Å². The SMILES string of the molecule is C=c1ccc(=C([O])c2ccccc2)cc1.[Cl-].[Zn]. The van der Waals surface area contributed by atoms with Crippen LogP contribution in [0.15, 0.2) is 54.6 Å². The Morgan fingerprint density at radius 3 is 1.94 bits per heavy atom. The summed E-state index contributed by atoms with van der Waals surface area (Å²) in [5.41, 5.74) is 0.717. The summed E-state index contributed by atoms with van der Waals surface area (Å²) < 4.78 is 0. The second kappa shape index (κ2) is 7.26. The maximum atomic E-state index is 11.9. The Kier molecular flexibility index (Phi) is 6.79. The van der Waals surface area contributed by atoms with Crippen LogP contribution in [0.5, 0.6) is 0 Å². The van der Waals surface area contributed by atoms with Crippen molar-refractivity contribution in [3.8, 4) is 0 Å². The fraction of sp³-hybridized carbons (Fsp3) is 0. The zero-order valence-corrected chi connectivity index (χ0v) is 13.1. The van der Waals surface area contributed by atoms with E-state index in [1.165, 1.54) is 0 Å². The Hall–Kier alpha value is -1.11. The van der Waals surface area contributed by atoms with Crippen molar-refractivity contribution in [2.24, 2.45) is 0 Å². The smallest absolute Gasteiger partial charge is 0.193 e. The number of hydrogen-bond acceptors (Lipinski definition) is 0. The van der Waals surface area contributed by atoms with Crippen molar-refractivity contribution in [3.05, 3.63) is 70.6 Å². The Morgan fingerprint density at radius 1 is 0.882 bits per heavy atom. The van der Waals surface area contributed by atoms with Crippen LogP contribution in [0.1, 0.15) is 5.56 Å². The molecular formula is C14H11ClOZn-. The average Bonchev–Trinajstić information content (AvgIpc) is 2.30. The molecule has 0 aliphatic carbocycles. The van der Waals surface area contributed by atoms with E-state index in [0.29, 0.717) is 10.8 Å². The van der Waals surface area contributed by atoms with Crippen LogP contribution in [-0.2, 0) is 24.6 Å². The topological polar surface area (TPSA) is 19.9 Å². The standard InChI is InChI=1S/C14H11O.ClH.Zn/c1-11-7-9-13(10-8-11)14(15)12-5-3-2-4-6-12;;/h2-10H,1H2;1H;/p-1. The largest absolute Gasteiger partial charge is 1.00 e. The predicted molar refractivity (Wildman–Crippen MR) is 60.9 cm³/mol. The number of hydrogen-bond donors (Lipinski definition) is 0. The van der Waals surface area contributed by atoms with Crippen LogP contribution >= 0.6 is 0 Å². The second-order valence-electron chi connectivity index (χ2n) is 3.39. The van der Waals surface area contributed by atoms with Gasteiger partial charge in [0.25, 0.3) is 0 Å². The first-order chi connectivity index (χ1) is 7.27. The molecule has 0 atom stereocenters. The summed E-state index contributed by atoms with van der Waals surface area (Å²) in [6.45, 7) is 3.78. The molecule has 3 heteroatoms. The maximum Gasteiger partial charge on any atom is 0.193 e. The molecule has 0 aliphatic rings. The van der Waals surface area contributed by atoms with Crippen LogP contribution in [0.4, 0.5) is 0 Å². The molecule has 83 valence electrons. The molecule has 17 heavy (non-hydrogen) atoms. The molecule has 0 amide bonds. The van der Waals surface area contributed by atoms with Crippen molar-refractivity contribution in [3.63, 3.8) is 0 Å². The van der Waals surface area contributed by atoms with Gasteiger partial charge in [-0.2, -0.15) is 0 Å². The molecule has 1 radical (unpaired) electrons. The molecule has 0 saturated heterocycles. The molecule has 2 aromatic carbocycles. The third-order valence-corrected chi connectivity index (χ3v) is 2.25. The molecule has 0 aromatic heterocycles. The fourth-order valence-electron chi connectivity index (χ4n) is 1.41. The Morgan fingerprint density at radius 2 is 1.41 bits per heavy atom. The zero-order valence-electron chi connectivity index (χ0n) is 9.40. The zero-order chi connectivity index (χ0) is 10.7. The van der Waals surface area contributed by atoms with Gasteiger partial charge in [-0.3, -0.25) is 5.11 Å². The molecule has 2 aromatic rings. The molecule has 0 fully saturated rings. The van der Waals surface area contributed by atoms with Crippen molar-refractivity contribution in [2.75, 3.05) is 0 Å². The first-order valence-corrected chi connectivity index (χ1v) is 4.79. The predicted octanol–water partition coefficient (Wildman–Crippen LogP) is -1.31. The average molecular weight is 296 g/mol. The summed E-state index contributed by atoms with van der Waals surface area (Å²) in [5.74, 6) is 0.0515. The van der Waals surface area contributed by atoms with Crippen molar-refractivity contribution >= 4 is 12.3 Å². The first-order valence-electron chi connectivity index (χ1n) is 4.79. The molecule has 0 unspecified atom stereocenters. The van der Waals surface area contributed by atoms with Crippen molar-refractivity contribution in [2.45, 2.75) is 0 Å². The van der Waals surface area contributed by atoms with E-state index in [0.717, 1.165) is 5.22 Å². The van der Waals surface area contributed by atoms with E-state index in [2.05, 4.69) is 6.58 Å². The molecule has 0 aliphatic heterocycles. The molecule has 0 heterocycles. The van der Waals surface area contributed by atoms with E-state index < -0.39 is 0 Å². The van der Waals surface area contributed by atoms with Crippen molar-refractivity contribution < 1.29 is 37.0 Å². The van der Waals surface area contributed by atoms with E-state index in [1.54, 1.807) is 12.1 Å². The van der Waals surface area contributed by atoms with E-state index in [4.69, 9.17) is 0 Å². The monoisotopic (exact) mass is 294 g/mol. The Labute approximate surface area is 120 Å². The van der Waals surface area contributed by atoms with Gasteiger partial charge in [-0.05, 0) is 5.22 Å². The van der Waals surface area contributed by atoms with Gasteiger partial charge in [-0.1, -0.05) is 61.2 Å². The third kappa shape index (κ3) is 4.00.